The highest BCUT2D eigenvalue weighted by molar-refractivity contribution is 5.84. The summed E-state index contributed by atoms with van der Waals surface area (Å²) in [5, 5.41) is 5.22. The van der Waals surface area contributed by atoms with Gasteiger partial charge in [0.15, 0.2) is 17.6 Å². The minimum absolute atomic E-state index is 0.171. The van der Waals surface area contributed by atoms with Gasteiger partial charge in [-0.1, -0.05) is 36.4 Å². The van der Waals surface area contributed by atoms with Crippen LogP contribution < -0.4 is 19.5 Å². The number of nitrogens with one attached hydrogen (secondary N) is 1. The standard InChI is InChI=1S/C23H23NO4/c1-15(18-8-10-21-22(14-18)27-12-11-26-21)24-23(25)16(2)28-20-9-7-17-5-3-4-6-19(17)13-20/h3-10,13-16H,11-12H2,1-2H3,(H,24,25)/t15-,16-/m0/s1. The molecule has 5 nitrogen and oxygen atoms in total. The molecule has 1 heterocycles. The first-order valence-electron chi connectivity index (χ1n) is 9.45. The molecule has 0 fully saturated rings. The molecular weight excluding hydrogens is 354 g/mol. The molecule has 0 aromatic heterocycles. The van der Waals surface area contributed by atoms with E-state index in [-0.39, 0.29) is 11.9 Å². The molecule has 2 atom stereocenters. The molecule has 0 saturated heterocycles. The van der Waals surface area contributed by atoms with E-state index < -0.39 is 6.10 Å². The maximum atomic E-state index is 12.6. The lowest BCUT2D eigenvalue weighted by atomic mass is 10.1. The van der Waals surface area contributed by atoms with Crippen LogP contribution in [-0.2, 0) is 4.79 Å². The van der Waals surface area contributed by atoms with Crippen LogP contribution in [0.25, 0.3) is 10.8 Å². The van der Waals surface area contributed by atoms with Gasteiger partial charge in [0.1, 0.15) is 19.0 Å². The third-order valence-electron chi connectivity index (χ3n) is 4.83. The fourth-order valence-electron chi connectivity index (χ4n) is 3.24. The van der Waals surface area contributed by atoms with E-state index in [9.17, 15) is 4.79 Å². The summed E-state index contributed by atoms with van der Waals surface area (Å²) in [6.07, 6.45) is -0.610. The maximum Gasteiger partial charge on any atom is 0.261 e. The highest BCUT2D eigenvalue weighted by Gasteiger charge is 2.20. The van der Waals surface area contributed by atoms with Crippen LogP contribution in [0, 0.1) is 0 Å². The van der Waals surface area contributed by atoms with Crippen molar-refractivity contribution in [3.8, 4) is 17.2 Å². The monoisotopic (exact) mass is 377 g/mol. The predicted molar refractivity (Wildman–Crippen MR) is 108 cm³/mol. The Morgan fingerprint density at radius 1 is 0.929 bits per heavy atom. The summed E-state index contributed by atoms with van der Waals surface area (Å²) in [7, 11) is 0. The summed E-state index contributed by atoms with van der Waals surface area (Å²) in [5.41, 5.74) is 0.954. The molecule has 1 aliphatic heterocycles. The number of hydrogen-bond acceptors (Lipinski definition) is 4. The molecule has 1 amide bonds. The van der Waals surface area contributed by atoms with Gasteiger partial charge < -0.3 is 19.5 Å². The molecule has 28 heavy (non-hydrogen) atoms. The van der Waals surface area contributed by atoms with Crippen LogP contribution in [0.2, 0.25) is 0 Å². The first-order chi connectivity index (χ1) is 13.6. The minimum Gasteiger partial charge on any atom is -0.486 e. The number of benzene rings is 3. The normalized spacial score (nSPS) is 14.9. The molecule has 5 heteroatoms. The van der Waals surface area contributed by atoms with Gasteiger partial charge in [-0.05, 0) is 54.4 Å². The topological polar surface area (TPSA) is 56.8 Å². The quantitative estimate of drug-likeness (QED) is 0.722. The summed E-state index contributed by atoms with van der Waals surface area (Å²) in [5.74, 6) is 1.95. The SMILES string of the molecule is C[C@H](Oc1ccc2ccccc2c1)C(=O)N[C@@H](C)c1ccc2c(c1)OCCO2. The molecule has 3 aromatic carbocycles. The number of fused-ring (bicyclic) bond motifs is 2. The second-order valence-corrected chi connectivity index (χ2v) is 6.90. The highest BCUT2D eigenvalue weighted by Crippen LogP contribution is 2.32. The second kappa shape index (κ2) is 7.80. The van der Waals surface area contributed by atoms with Gasteiger partial charge in [0.2, 0.25) is 0 Å². The first-order valence-corrected chi connectivity index (χ1v) is 9.45. The third-order valence-corrected chi connectivity index (χ3v) is 4.83. The van der Waals surface area contributed by atoms with Crippen molar-refractivity contribution in [2.75, 3.05) is 13.2 Å². The van der Waals surface area contributed by atoms with Gasteiger partial charge in [0.05, 0.1) is 6.04 Å². The lowest BCUT2D eigenvalue weighted by Gasteiger charge is -2.22. The molecule has 3 aromatic rings. The number of carbonyl (C=O) groups is 1. The van der Waals surface area contributed by atoms with Gasteiger partial charge in [-0.15, -0.1) is 0 Å². The molecule has 144 valence electrons. The first kappa shape index (κ1) is 18.2. The van der Waals surface area contributed by atoms with Gasteiger partial charge in [-0.3, -0.25) is 4.79 Å². The number of ether oxygens (including phenoxy) is 3. The number of rotatable bonds is 5. The van der Waals surface area contributed by atoms with Crippen molar-refractivity contribution in [3.05, 3.63) is 66.2 Å². The van der Waals surface area contributed by atoms with Crippen LogP contribution in [0.15, 0.2) is 60.7 Å². The van der Waals surface area contributed by atoms with Crippen molar-refractivity contribution in [1.29, 1.82) is 0 Å². The van der Waals surface area contributed by atoms with Crippen molar-refractivity contribution < 1.29 is 19.0 Å². The summed E-state index contributed by atoms with van der Waals surface area (Å²) in [4.78, 5) is 12.6. The number of amides is 1. The van der Waals surface area contributed by atoms with E-state index in [0.717, 1.165) is 22.1 Å². The Balaban J connectivity index is 1.40. The summed E-state index contributed by atoms with van der Waals surface area (Å²) in [6, 6.07) is 19.4. The summed E-state index contributed by atoms with van der Waals surface area (Å²) in [6.45, 7) is 4.78. The van der Waals surface area contributed by atoms with Crippen LogP contribution in [0.1, 0.15) is 25.5 Å². The zero-order valence-electron chi connectivity index (χ0n) is 16.0. The highest BCUT2D eigenvalue weighted by atomic mass is 16.6. The fourth-order valence-corrected chi connectivity index (χ4v) is 3.24. The average molecular weight is 377 g/mol. The Kier molecular flexibility index (Phi) is 5.06. The minimum atomic E-state index is -0.610. The summed E-state index contributed by atoms with van der Waals surface area (Å²) >= 11 is 0. The van der Waals surface area contributed by atoms with Gasteiger partial charge in [0, 0.05) is 0 Å². The average Bonchev–Trinajstić information content (AvgIpc) is 2.73. The van der Waals surface area contributed by atoms with Crippen molar-refractivity contribution in [2.45, 2.75) is 26.0 Å². The smallest absolute Gasteiger partial charge is 0.261 e. The van der Waals surface area contributed by atoms with E-state index in [1.165, 1.54) is 0 Å². The van der Waals surface area contributed by atoms with E-state index in [1.807, 2.05) is 67.6 Å². The van der Waals surface area contributed by atoms with Crippen molar-refractivity contribution in [1.82, 2.24) is 5.32 Å². The molecule has 0 saturated carbocycles. The van der Waals surface area contributed by atoms with Gasteiger partial charge in [0.25, 0.3) is 5.91 Å². The second-order valence-electron chi connectivity index (χ2n) is 6.90. The number of hydrogen-bond donors (Lipinski definition) is 1. The molecule has 0 bridgehead atoms. The van der Waals surface area contributed by atoms with E-state index in [2.05, 4.69) is 5.32 Å². The Hall–Kier alpha value is -3.21. The number of carbonyl (C=O) groups excluding carboxylic acids is 1. The lowest BCUT2D eigenvalue weighted by molar-refractivity contribution is -0.127. The van der Waals surface area contributed by atoms with E-state index >= 15 is 0 Å². The van der Waals surface area contributed by atoms with Gasteiger partial charge in [-0.2, -0.15) is 0 Å². The molecular formula is C23H23NO4. The Morgan fingerprint density at radius 3 is 2.50 bits per heavy atom. The third kappa shape index (κ3) is 3.88. The Labute approximate surface area is 164 Å². The van der Waals surface area contributed by atoms with Gasteiger partial charge in [-0.25, -0.2) is 0 Å². The predicted octanol–water partition coefficient (Wildman–Crippen LogP) is 4.26. The Morgan fingerprint density at radius 2 is 1.68 bits per heavy atom. The van der Waals surface area contributed by atoms with Crippen LogP contribution in [-0.4, -0.2) is 25.2 Å². The molecule has 0 aliphatic carbocycles. The molecule has 1 N–H and O–H groups in total. The van der Waals surface area contributed by atoms with Crippen LogP contribution in [0.3, 0.4) is 0 Å². The molecule has 0 spiro atoms. The Bertz CT molecular complexity index is 1000. The van der Waals surface area contributed by atoms with Crippen LogP contribution in [0.5, 0.6) is 17.2 Å². The zero-order chi connectivity index (χ0) is 19.5. The van der Waals surface area contributed by atoms with E-state index in [1.54, 1.807) is 6.92 Å². The molecule has 4 rings (SSSR count). The van der Waals surface area contributed by atoms with Gasteiger partial charge >= 0.3 is 0 Å². The fraction of sp³-hybridized carbons (Fsp3) is 0.261. The molecule has 1 aliphatic rings. The lowest BCUT2D eigenvalue weighted by Crippen LogP contribution is -2.37. The van der Waals surface area contributed by atoms with Crippen LogP contribution in [0.4, 0.5) is 0 Å². The zero-order valence-corrected chi connectivity index (χ0v) is 16.0. The largest absolute Gasteiger partial charge is 0.486 e. The van der Waals surface area contributed by atoms with E-state index in [4.69, 9.17) is 14.2 Å². The van der Waals surface area contributed by atoms with Crippen molar-refractivity contribution in [2.24, 2.45) is 0 Å². The summed E-state index contributed by atoms with van der Waals surface area (Å²) < 4.78 is 17.0. The van der Waals surface area contributed by atoms with Crippen LogP contribution >= 0.6 is 0 Å². The molecule has 0 unspecified atom stereocenters. The van der Waals surface area contributed by atoms with Crippen molar-refractivity contribution in [3.63, 3.8) is 0 Å². The molecule has 0 radical (unpaired) electrons. The van der Waals surface area contributed by atoms with E-state index in [0.29, 0.717) is 24.7 Å². The maximum absolute atomic E-state index is 12.6. The van der Waals surface area contributed by atoms with Crippen molar-refractivity contribution >= 4 is 16.7 Å².